The molecule has 30 heavy (non-hydrogen) atoms. The van der Waals surface area contributed by atoms with Crippen LogP contribution in [0.25, 0.3) is 10.2 Å². The van der Waals surface area contributed by atoms with Crippen molar-refractivity contribution in [2.24, 2.45) is 5.92 Å². The number of hydrogen-bond donors (Lipinski definition) is 1. The standard InChI is InChI=1S/C22H22FN3O3S/c23-17-3-1-15(2-4-17)21(27)16-7-9-26(10-8-16)11-12-29-22(28)25-18-5-6-19-20(13-18)30-14-24-19/h1-6,13-14,16H,7-12H2,(H,25,28). The first-order valence-electron chi connectivity index (χ1n) is 9.87. The van der Waals surface area contributed by atoms with Crippen LogP contribution in [0, 0.1) is 11.7 Å². The van der Waals surface area contributed by atoms with Crippen LogP contribution in [0.1, 0.15) is 23.2 Å². The van der Waals surface area contributed by atoms with Crippen LogP contribution in [0.4, 0.5) is 14.9 Å². The molecule has 0 saturated carbocycles. The van der Waals surface area contributed by atoms with Crippen LogP contribution < -0.4 is 5.32 Å². The third-order valence-corrected chi connectivity index (χ3v) is 6.10. The van der Waals surface area contributed by atoms with Gasteiger partial charge in [-0.2, -0.15) is 0 Å². The second-order valence-electron chi connectivity index (χ2n) is 7.28. The van der Waals surface area contributed by atoms with Crippen molar-refractivity contribution < 1.29 is 18.7 Å². The molecule has 156 valence electrons. The minimum Gasteiger partial charge on any atom is -0.448 e. The van der Waals surface area contributed by atoms with E-state index in [1.807, 2.05) is 12.1 Å². The lowest BCUT2D eigenvalue weighted by Gasteiger charge is -2.31. The van der Waals surface area contributed by atoms with E-state index in [1.165, 1.54) is 23.5 Å². The van der Waals surface area contributed by atoms with E-state index in [0.29, 0.717) is 17.8 Å². The van der Waals surface area contributed by atoms with E-state index in [2.05, 4.69) is 15.2 Å². The molecule has 1 amide bonds. The van der Waals surface area contributed by atoms with Crippen LogP contribution in [-0.4, -0.2) is 48.0 Å². The van der Waals surface area contributed by atoms with Gasteiger partial charge in [0.2, 0.25) is 0 Å². The van der Waals surface area contributed by atoms with Gasteiger partial charge in [-0.3, -0.25) is 15.0 Å². The fourth-order valence-electron chi connectivity index (χ4n) is 3.62. The molecule has 4 rings (SSSR count). The number of piperidine rings is 1. The van der Waals surface area contributed by atoms with Crippen LogP contribution >= 0.6 is 11.3 Å². The molecule has 0 unspecified atom stereocenters. The number of carbonyl (C=O) groups is 2. The number of nitrogens with one attached hydrogen (secondary N) is 1. The van der Waals surface area contributed by atoms with Gasteiger partial charge in [0.15, 0.2) is 5.78 Å². The molecule has 0 aliphatic carbocycles. The van der Waals surface area contributed by atoms with Crippen molar-refractivity contribution in [2.45, 2.75) is 12.8 Å². The van der Waals surface area contributed by atoms with Gasteiger partial charge in [-0.1, -0.05) is 0 Å². The zero-order valence-corrected chi connectivity index (χ0v) is 17.2. The Morgan fingerprint density at radius 1 is 1.17 bits per heavy atom. The summed E-state index contributed by atoms with van der Waals surface area (Å²) in [7, 11) is 0. The Bertz CT molecular complexity index is 1030. The predicted molar refractivity (Wildman–Crippen MR) is 114 cm³/mol. The number of Topliss-reactive ketones (excluding diaryl/α,β-unsaturated/α-hetero) is 1. The highest BCUT2D eigenvalue weighted by atomic mass is 32.1. The van der Waals surface area contributed by atoms with Gasteiger partial charge >= 0.3 is 6.09 Å². The number of hydrogen-bond acceptors (Lipinski definition) is 6. The average Bonchev–Trinajstić information content (AvgIpc) is 3.22. The second-order valence-corrected chi connectivity index (χ2v) is 8.17. The van der Waals surface area contributed by atoms with Gasteiger partial charge in [-0.05, 0) is 68.4 Å². The number of fused-ring (bicyclic) bond motifs is 1. The molecule has 3 aromatic rings. The fourth-order valence-corrected chi connectivity index (χ4v) is 4.34. The van der Waals surface area contributed by atoms with Crippen molar-refractivity contribution in [1.29, 1.82) is 0 Å². The molecule has 1 saturated heterocycles. The molecule has 1 fully saturated rings. The molecular formula is C22H22FN3O3S. The molecular weight excluding hydrogens is 405 g/mol. The second kappa shape index (κ2) is 9.32. The van der Waals surface area contributed by atoms with Gasteiger partial charge in [0.05, 0.1) is 15.7 Å². The van der Waals surface area contributed by atoms with Crippen LogP contribution in [-0.2, 0) is 4.74 Å². The molecule has 2 aromatic carbocycles. The molecule has 2 heterocycles. The maximum Gasteiger partial charge on any atom is 0.411 e. The van der Waals surface area contributed by atoms with Crippen molar-refractivity contribution >= 4 is 39.1 Å². The number of likely N-dealkylation sites (tertiary alicyclic amines) is 1. The van der Waals surface area contributed by atoms with Crippen LogP contribution in [0.15, 0.2) is 48.0 Å². The van der Waals surface area contributed by atoms with Gasteiger partial charge in [0.1, 0.15) is 12.4 Å². The smallest absolute Gasteiger partial charge is 0.411 e. The van der Waals surface area contributed by atoms with E-state index < -0.39 is 6.09 Å². The number of ketones is 1. The summed E-state index contributed by atoms with van der Waals surface area (Å²) in [5.41, 5.74) is 3.91. The molecule has 1 aliphatic rings. The van der Waals surface area contributed by atoms with Crippen molar-refractivity contribution in [3.63, 3.8) is 0 Å². The van der Waals surface area contributed by atoms with Crippen LogP contribution in [0.2, 0.25) is 0 Å². The molecule has 0 radical (unpaired) electrons. The molecule has 0 bridgehead atoms. The molecule has 8 heteroatoms. The first-order chi connectivity index (χ1) is 14.6. The van der Waals surface area contributed by atoms with Crippen molar-refractivity contribution in [1.82, 2.24) is 9.88 Å². The van der Waals surface area contributed by atoms with Crippen LogP contribution in [0.5, 0.6) is 0 Å². The summed E-state index contributed by atoms with van der Waals surface area (Å²) in [6.07, 6.45) is 1.01. The quantitative estimate of drug-likeness (QED) is 0.583. The number of ether oxygens (including phenoxy) is 1. The molecule has 0 atom stereocenters. The number of halogens is 1. The van der Waals surface area contributed by atoms with E-state index in [9.17, 15) is 14.0 Å². The predicted octanol–water partition coefficient (Wildman–Crippen LogP) is 4.58. The third-order valence-electron chi connectivity index (χ3n) is 5.31. The summed E-state index contributed by atoms with van der Waals surface area (Å²) in [6, 6.07) is 11.3. The lowest BCUT2D eigenvalue weighted by Crippen LogP contribution is -2.38. The highest BCUT2D eigenvalue weighted by Gasteiger charge is 2.25. The van der Waals surface area contributed by atoms with Crippen molar-refractivity contribution in [3.05, 3.63) is 59.4 Å². The first kappa shape index (κ1) is 20.4. The van der Waals surface area contributed by atoms with Crippen LogP contribution in [0.3, 0.4) is 0 Å². The largest absolute Gasteiger partial charge is 0.448 e. The van der Waals surface area contributed by atoms with Gasteiger partial charge in [0.25, 0.3) is 0 Å². The fraction of sp³-hybridized carbons (Fsp3) is 0.318. The van der Waals surface area contributed by atoms with Gasteiger partial charge in [-0.15, -0.1) is 11.3 Å². The summed E-state index contributed by atoms with van der Waals surface area (Å²) in [5.74, 6) is -0.310. The number of amides is 1. The molecule has 0 spiro atoms. The Morgan fingerprint density at radius 2 is 1.93 bits per heavy atom. The number of rotatable bonds is 6. The summed E-state index contributed by atoms with van der Waals surface area (Å²) < 4.78 is 19.3. The molecule has 1 aliphatic heterocycles. The van der Waals surface area contributed by atoms with Gasteiger partial charge in [-0.25, -0.2) is 14.2 Å². The Kier molecular flexibility index (Phi) is 6.35. The molecule has 1 N–H and O–H groups in total. The first-order valence-corrected chi connectivity index (χ1v) is 10.8. The van der Waals surface area contributed by atoms with Crippen molar-refractivity contribution in [2.75, 3.05) is 31.6 Å². The minimum atomic E-state index is -0.486. The third kappa shape index (κ3) is 5.01. The van der Waals surface area contributed by atoms with E-state index in [4.69, 9.17) is 4.74 Å². The number of anilines is 1. The maximum atomic E-state index is 13.0. The normalized spacial score (nSPS) is 15.2. The Morgan fingerprint density at radius 3 is 2.70 bits per heavy atom. The maximum absolute atomic E-state index is 13.0. The lowest BCUT2D eigenvalue weighted by atomic mass is 9.89. The molecule has 1 aromatic heterocycles. The highest BCUT2D eigenvalue weighted by molar-refractivity contribution is 7.16. The number of carbonyl (C=O) groups excluding carboxylic acids is 2. The molecule has 6 nitrogen and oxygen atoms in total. The topological polar surface area (TPSA) is 71.5 Å². The van der Waals surface area contributed by atoms with E-state index in [1.54, 1.807) is 23.7 Å². The SMILES string of the molecule is O=C(Nc1ccc2ncsc2c1)OCCN1CCC(C(=O)c2ccc(F)cc2)CC1. The van der Waals surface area contributed by atoms with E-state index in [-0.39, 0.29) is 24.1 Å². The minimum absolute atomic E-state index is 0.0439. The average molecular weight is 428 g/mol. The summed E-state index contributed by atoms with van der Waals surface area (Å²) in [5, 5.41) is 2.73. The highest BCUT2D eigenvalue weighted by Crippen LogP contribution is 2.23. The van der Waals surface area contributed by atoms with E-state index in [0.717, 1.165) is 36.1 Å². The Hall–Kier alpha value is -2.84. The van der Waals surface area contributed by atoms with Gasteiger partial charge in [0, 0.05) is 23.7 Å². The summed E-state index contributed by atoms with van der Waals surface area (Å²) >= 11 is 1.52. The Labute approximate surface area is 177 Å². The monoisotopic (exact) mass is 427 g/mol. The number of aromatic nitrogens is 1. The number of benzene rings is 2. The zero-order chi connectivity index (χ0) is 20.9. The van der Waals surface area contributed by atoms with Crippen molar-refractivity contribution in [3.8, 4) is 0 Å². The number of nitrogens with zero attached hydrogens (tertiary/aromatic N) is 2. The number of thiazole rings is 1. The summed E-state index contributed by atoms with van der Waals surface area (Å²) in [4.78, 5) is 30.9. The lowest BCUT2D eigenvalue weighted by molar-refractivity contribution is 0.0813. The summed E-state index contributed by atoms with van der Waals surface area (Å²) in [6.45, 7) is 2.44. The Balaban J connectivity index is 1.18. The zero-order valence-electron chi connectivity index (χ0n) is 16.3. The van der Waals surface area contributed by atoms with Gasteiger partial charge < -0.3 is 4.74 Å². The van der Waals surface area contributed by atoms with E-state index >= 15 is 0 Å².